The van der Waals surface area contributed by atoms with Crippen LogP contribution in [0.3, 0.4) is 0 Å². The molecule has 0 spiro atoms. The zero-order valence-electron chi connectivity index (χ0n) is 25.2. The van der Waals surface area contributed by atoms with Crippen LogP contribution in [0.5, 0.6) is 0 Å². The van der Waals surface area contributed by atoms with Crippen molar-refractivity contribution in [3.63, 3.8) is 0 Å². The van der Waals surface area contributed by atoms with Gasteiger partial charge in [0.1, 0.15) is 12.2 Å². The molecular formula is C36H48N4O3. The molecular weight excluding hydrogens is 536 g/mol. The standard InChI is InChI=1S/C36H48N4O3/c37-20-11-1-2-12-21-38-24-33-35(42-26-28-13-5-3-6-14-28)36(43-27-29-15-7-4-8-16-29)34(25-41)40(33)22-19-30-23-39-32-18-10-9-17-31(30)32/h3-10,13-18,23,33-36,38-39,41H,1-2,11-12,19-22,24-27,37H2/t33-,34-,35+,36?/m0/s1. The van der Waals surface area contributed by atoms with E-state index >= 15 is 0 Å². The van der Waals surface area contributed by atoms with Crippen molar-refractivity contribution in [2.24, 2.45) is 5.73 Å². The summed E-state index contributed by atoms with van der Waals surface area (Å²) in [5, 5.41) is 15.8. The van der Waals surface area contributed by atoms with Gasteiger partial charge in [-0.3, -0.25) is 4.90 Å². The van der Waals surface area contributed by atoms with Crippen LogP contribution in [-0.4, -0.2) is 72.1 Å². The number of ether oxygens (including phenoxy) is 2. The van der Waals surface area contributed by atoms with Crippen LogP contribution in [-0.2, 0) is 29.1 Å². The second-order valence-corrected chi connectivity index (χ2v) is 11.6. The van der Waals surface area contributed by atoms with Crippen molar-refractivity contribution in [3.05, 3.63) is 108 Å². The van der Waals surface area contributed by atoms with Gasteiger partial charge in [-0.2, -0.15) is 0 Å². The van der Waals surface area contributed by atoms with E-state index in [2.05, 4.69) is 69.9 Å². The van der Waals surface area contributed by atoms with E-state index in [9.17, 15) is 5.11 Å². The Labute approximate surface area is 256 Å². The maximum Gasteiger partial charge on any atom is 0.103 e. The number of H-pyrrole nitrogens is 1. The normalized spacial score (nSPS) is 20.7. The first-order valence-electron chi connectivity index (χ1n) is 15.9. The van der Waals surface area contributed by atoms with Gasteiger partial charge in [0.25, 0.3) is 0 Å². The highest BCUT2D eigenvalue weighted by atomic mass is 16.5. The van der Waals surface area contributed by atoms with E-state index in [1.165, 1.54) is 23.8 Å². The molecule has 0 aliphatic carbocycles. The fourth-order valence-corrected chi connectivity index (χ4v) is 6.37. The molecule has 1 saturated heterocycles. The van der Waals surface area contributed by atoms with E-state index in [1.54, 1.807) is 0 Å². The lowest BCUT2D eigenvalue weighted by atomic mass is 10.1. The summed E-state index contributed by atoms with van der Waals surface area (Å²) in [5.41, 5.74) is 10.4. The number of fused-ring (bicyclic) bond motifs is 1. The van der Waals surface area contributed by atoms with Crippen molar-refractivity contribution in [2.75, 3.05) is 32.8 Å². The molecule has 7 heteroatoms. The van der Waals surface area contributed by atoms with Crippen LogP contribution >= 0.6 is 0 Å². The van der Waals surface area contributed by atoms with Gasteiger partial charge in [0.2, 0.25) is 0 Å². The number of para-hydroxylation sites is 1. The number of hydrogen-bond donors (Lipinski definition) is 4. The maximum atomic E-state index is 10.8. The largest absolute Gasteiger partial charge is 0.395 e. The zero-order chi connectivity index (χ0) is 29.7. The highest BCUT2D eigenvalue weighted by Crippen LogP contribution is 2.32. The van der Waals surface area contributed by atoms with Crippen LogP contribution in [0.1, 0.15) is 42.4 Å². The first-order chi connectivity index (χ1) is 21.3. The second-order valence-electron chi connectivity index (χ2n) is 11.6. The smallest absolute Gasteiger partial charge is 0.103 e. The van der Waals surface area contributed by atoms with Gasteiger partial charge in [-0.15, -0.1) is 0 Å². The summed E-state index contributed by atoms with van der Waals surface area (Å²) in [6.45, 7) is 4.26. The summed E-state index contributed by atoms with van der Waals surface area (Å²) in [6.07, 6.45) is 7.07. The molecule has 0 bridgehead atoms. The van der Waals surface area contributed by atoms with Gasteiger partial charge in [0, 0.05) is 30.2 Å². The molecule has 1 fully saturated rings. The zero-order valence-corrected chi connectivity index (χ0v) is 25.2. The van der Waals surface area contributed by atoms with Gasteiger partial charge in [-0.05, 0) is 55.1 Å². The maximum absolute atomic E-state index is 10.8. The molecule has 5 rings (SSSR count). The lowest BCUT2D eigenvalue weighted by Gasteiger charge is -2.30. The number of aliphatic hydroxyl groups is 1. The van der Waals surface area contributed by atoms with Crippen molar-refractivity contribution in [2.45, 2.75) is 69.6 Å². The highest BCUT2D eigenvalue weighted by molar-refractivity contribution is 5.83. The monoisotopic (exact) mass is 584 g/mol. The number of likely N-dealkylation sites (tertiary alicyclic amines) is 1. The Kier molecular flexibility index (Phi) is 12.2. The topological polar surface area (TPSA) is 95.8 Å². The Morgan fingerprint density at radius 1 is 0.767 bits per heavy atom. The second kappa shape index (κ2) is 16.7. The molecule has 43 heavy (non-hydrogen) atoms. The third kappa shape index (κ3) is 8.54. The summed E-state index contributed by atoms with van der Waals surface area (Å²) < 4.78 is 13.4. The Balaban J connectivity index is 1.36. The molecule has 230 valence electrons. The number of benzene rings is 3. The summed E-state index contributed by atoms with van der Waals surface area (Å²) in [7, 11) is 0. The molecule has 2 heterocycles. The van der Waals surface area contributed by atoms with Crippen LogP contribution in [0.4, 0.5) is 0 Å². The number of aromatic nitrogens is 1. The van der Waals surface area contributed by atoms with E-state index in [0.29, 0.717) is 13.2 Å². The number of rotatable bonds is 18. The van der Waals surface area contributed by atoms with Gasteiger partial charge in [-0.25, -0.2) is 0 Å². The van der Waals surface area contributed by atoms with Gasteiger partial charge >= 0.3 is 0 Å². The summed E-state index contributed by atoms with van der Waals surface area (Å²) in [6, 6.07) is 28.9. The number of nitrogens with zero attached hydrogens (tertiary/aromatic N) is 1. The lowest BCUT2D eigenvalue weighted by molar-refractivity contribution is -0.0823. The molecule has 1 aliphatic rings. The molecule has 5 N–H and O–H groups in total. The van der Waals surface area contributed by atoms with Gasteiger partial charge in [0.15, 0.2) is 0 Å². The SMILES string of the molecule is NCCCCCCNC[C@H]1[C@@H](OCc2ccccc2)C(OCc2ccccc2)[C@H](CO)N1CCc1c[nH]c2ccccc12. The average Bonchev–Trinajstić information content (AvgIpc) is 3.60. The van der Waals surface area contributed by atoms with Crippen LogP contribution in [0.15, 0.2) is 91.1 Å². The van der Waals surface area contributed by atoms with Crippen molar-refractivity contribution >= 4 is 10.9 Å². The first kappa shape index (κ1) is 31.4. The minimum Gasteiger partial charge on any atom is -0.395 e. The number of aromatic amines is 1. The van der Waals surface area contributed by atoms with Crippen molar-refractivity contribution in [1.29, 1.82) is 0 Å². The number of aliphatic hydroxyl groups excluding tert-OH is 1. The Bertz CT molecular complexity index is 1330. The molecule has 0 radical (unpaired) electrons. The predicted molar refractivity (Wildman–Crippen MR) is 174 cm³/mol. The van der Waals surface area contributed by atoms with E-state index in [0.717, 1.165) is 62.1 Å². The Hall–Kier alpha value is -3.04. The van der Waals surface area contributed by atoms with E-state index in [4.69, 9.17) is 15.2 Å². The fourth-order valence-electron chi connectivity index (χ4n) is 6.37. The molecule has 4 aromatic rings. The van der Waals surface area contributed by atoms with E-state index in [1.807, 2.05) is 36.4 Å². The molecule has 4 atom stereocenters. The van der Waals surface area contributed by atoms with E-state index in [-0.39, 0.29) is 30.9 Å². The quantitative estimate of drug-likeness (QED) is 0.123. The third-order valence-electron chi connectivity index (χ3n) is 8.67. The van der Waals surface area contributed by atoms with Crippen LogP contribution in [0.2, 0.25) is 0 Å². The van der Waals surface area contributed by atoms with Crippen LogP contribution in [0, 0.1) is 0 Å². The fraction of sp³-hybridized carbons (Fsp3) is 0.444. The van der Waals surface area contributed by atoms with Crippen LogP contribution < -0.4 is 11.1 Å². The molecule has 3 aromatic carbocycles. The third-order valence-corrected chi connectivity index (χ3v) is 8.67. The first-order valence-corrected chi connectivity index (χ1v) is 15.9. The van der Waals surface area contributed by atoms with Crippen molar-refractivity contribution in [3.8, 4) is 0 Å². The highest BCUT2D eigenvalue weighted by Gasteiger charge is 2.49. The van der Waals surface area contributed by atoms with Crippen LogP contribution in [0.25, 0.3) is 10.9 Å². The lowest BCUT2D eigenvalue weighted by Crippen LogP contribution is -2.47. The van der Waals surface area contributed by atoms with Crippen molar-refractivity contribution in [1.82, 2.24) is 15.2 Å². The minimum atomic E-state index is -0.270. The molecule has 0 amide bonds. The molecule has 1 aromatic heterocycles. The van der Waals surface area contributed by atoms with E-state index < -0.39 is 0 Å². The summed E-state index contributed by atoms with van der Waals surface area (Å²) in [4.78, 5) is 5.86. The Morgan fingerprint density at radius 2 is 1.40 bits per heavy atom. The number of unbranched alkanes of at least 4 members (excludes halogenated alkanes) is 3. The van der Waals surface area contributed by atoms with Gasteiger partial charge in [-0.1, -0.05) is 91.7 Å². The molecule has 1 aliphatic heterocycles. The molecule has 0 saturated carbocycles. The van der Waals surface area contributed by atoms with Crippen molar-refractivity contribution < 1.29 is 14.6 Å². The summed E-state index contributed by atoms with van der Waals surface area (Å²) in [5.74, 6) is 0. The van der Waals surface area contributed by atoms with Gasteiger partial charge in [0.05, 0.1) is 31.9 Å². The molecule has 1 unspecified atom stereocenters. The Morgan fingerprint density at radius 3 is 2.07 bits per heavy atom. The van der Waals surface area contributed by atoms with Gasteiger partial charge < -0.3 is 30.6 Å². The minimum absolute atomic E-state index is 0.00806. The molecule has 7 nitrogen and oxygen atoms in total. The summed E-state index contributed by atoms with van der Waals surface area (Å²) >= 11 is 0. The number of hydrogen-bond acceptors (Lipinski definition) is 6. The predicted octanol–water partition coefficient (Wildman–Crippen LogP) is 5.04. The number of nitrogens with one attached hydrogen (secondary N) is 2. The average molecular weight is 585 g/mol. The number of nitrogens with two attached hydrogens (primary N) is 1.